The Bertz CT molecular complexity index is 2370. The molecular formula is C54H58Cl2SiZr-4. The second-order valence-corrected chi connectivity index (χ2v) is 16.9. The van der Waals surface area contributed by atoms with E-state index in [4.69, 9.17) is 0 Å². The molecule has 2 fully saturated rings. The first-order valence-corrected chi connectivity index (χ1v) is 24.2. The Balaban J connectivity index is 0.000000231. The zero-order chi connectivity index (χ0) is 37.1. The van der Waals surface area contributed by atoms with E-state index in [9.17, 15) is 0 Å². The van der Waals surface area contributed by atoms with E-state index in [0.717, 1.165) is 0 Å². The Hall–Kier alpha value is -3.26. The Labute approximate surface area is 378 Å². The summed E-state index contributed by atoms with van der Waals surface area (Å²) in [6.07, 6.45) is 13.6. The molecule has 0 amide bonds. The fourth-order valence-electron chi connectivity index (χ4n) is 9.81. The fraction of sp³-hybridized carbons (Fsp3) is 0.259. The van der Waals surface area contributed by atoms with Crippen LogP contribution in [0.4, 0.5) is 0 Å². The van der Waals surface area contributed by atoms with Crippen LogP contribution in [0.15, 0.2) is 146 Å². The van der Waals surface area contributed by atoms with Crippen LogP contribution in [0.1, 0.15) is 76.3 Å². The van der Waals surface area contributed by atoms with E-state index in [2.05, 4.69) is 166 Å². The maximum atomic E-state index is 3.06. The van der Waals surface area contributed by atoms with Gasteiger partial charge in [-0.05, 0) is 94.2 Å². The number of hydrogen-bond donors (Lipinski definition) is 0. The molecule has 0 unspecified atom stereocenters. The molecule has 0 N–H and O–H groups in total. The molecule has 0 atom stereocenters. The molecule has 2 aliphatic rings. The van der Waals surface area contributed by atoms with Crippen molar-refractivity contribution in [3.8, 4) is 22.3 Å². The minimum atomic E-state index is 0. The average molecular weight is 897 g/mol. The molecule has 8 aromatic rings. The van der Waals surface area contributed by atoms with E-state index in [1.807, 2.05) is 0 Å². The summed E-state index contributed by atoms with van der Waals surface area (Å²) in [6.45, 7) is 8.01. The quantitative estimate of drug-likeness (QED) is 0.115. The van der Waals surface area contributed by atoms with E-state index in [-0.39, 0.29) is 39.7 Å². The summed E-state index contributed by atoms with van der Waals surface area (Å²) in [5, 5.41) is 10.8. The van der Waals surface area contributed by atoms with Crippen molar-refractivity contribution < 1.29 is 23.3 Å². The minimum absolute atomic E-state index is 0. The van der Waals surface area contributed by atoms with Crippen molar-refractivity contribution in [3.05, 3.63) is 172 Å². The van der Waals surface area contributed by atoms with Crippen molar-refractivity contribution in [2.24, 2.45) is 10.8 Å². The van der Waals surface area contributed by atoms with Crippen LogP contribution < -0.4 is 0 Å². The zero-order valence-corrected chi connectivity index (χ0v) is 39.8. The molecule has 4 heteroatoms. The van der Waals surface area contributed by atoms with Gasteiger partial charge in [-0.25, -0.2) is 0 Å². The van der Waals surface area contributed by atoms with Crippen molar-refractivity contribution in [3.63, 3.8) is 0 Å². The molecule has 0 aliphatic heterocycles. The molecule has 10 rings (SSSR count). The van der Waals surface area contributed by atoms with Crippen LogP contribution >= 0.6 is 24.8 Å². The number of halogens is 2. The van der Waals surface area contributed by atoms with Crippen LogP contribution in [0, 0.1) is 25.7 Å². The molecule has 300 valence electrons. The first-order valence-electron chi connectivity index (χ1n) is 20.0. The van der Waals surface area contributed by atoms with Crippen molar-refractivity contribution in [1.29, 1.82) is 0 Å². The Morgan fingerprint density at radius 2 is 0.828 bits per heavy atom. The molecule has 0 saturated heterocycles. The first kappa shape index (κ1) is 47.4. The van der Waals surface area contributed by atoms with Crippen LogP contribution in [0.3, 0.4) is 0 Å². The van der Waals surface area contributed by atoms with Gasteiger partial charge in [0.15, 0.2) is 0 Å². The third-order valence-corrected chi connectivity index (χ3v) is 12.6. The summed E-state index contributed by atoms with van der Waals surface area (Å²) in [5.41, 5.74) is 9.39. The van der Waals surface area contributed by atoms with Gasteiger partial charge in [-0.2, -0.15) is 12.1 Å². The van der Waals surface area contributed by atoms with Crippen LogP contribution in [0.2, 0.25) is 0 Å². The average Bonchev–Trinajstić information content (AvgIpc) is 4.02. The molecule has 8 aromatic carbocycles. The monoisotopic (exact) mass is 894 g/mol. The van der Waals surface area contributed by atoms with Gasteiger partial charge in [-0.15, -0.1) is 93.9 Å². The van der Waals surface area contributed by atoms with Gasteiger partial charge in [0.05, 0.1) is 0 Å². The van der Waals surface area contributed by atoms with E-state index >= 15 is 0 Å². The molecule has 0 heterocycles. The van der Waals surface area contributed by atoms with Crippen LogP contribution in [0.25, 0.3) is 65.3 Å². The SMILES string of the molecule is CC1(Cc2cc3c(-c4ccc5ccccc5c4)cccc3[cH-]2)CCCC1.CC1(Cc2cc3c(-c4ccc5ccccc5c4)cccc3[cH-]2)CCCC1.Cl.Cl.[CH3-].[CH3-].[Si]=[Zr]. The summed E-state index contributed by atoms with van der Waals surface area (Å²) < 4.78 is 0. The van der Waals surface area contributed by atoms with Gasteiger partial charge in [0.2, 0.25) is 0 Å². The predicted octanol–water partition coefficient (Wildman–Crippen LogP) is 16.4. The summed E-state index contributed by atoms with van der Waals surface area (Å²) in [7, 11) is 0. The molecular weight excluding hydrogens is 839 g/mol. The first-order chi connectivity index (χ1) is 26.4. The standard InChI is InChI=1S/2C26H25.2CH3.2ClH.Si.Zr/c2*1-26(13-4-5-14-26)18-19-15-22-9-6-10-24(25(22)16-19)23-12-11-20-7-2-3-8-21(20)17-23;;;;;;/h2*2-3,6-12,15-17H,4-5,13-14,18H2,1H3;2*1H3;2*1H;;/q4*-1;;;;. The molecule has 0 spiro atoms. The number of fused-ring (bicyclic) bond motifs is 4. The molecule has 0 aromatic heterocycles. The van der Waals surface area contributed by atoms with Gasteiger partial charge >= 0.3 is 30.2 Å². The van der Waals surface area contributed by atoms with Gasteiger partial charge < -0.3 is 14.9 Å². The van der Waals surface area contributed by atoms with Gasteiger partial charge in [0.1, 0.15) is 0 Å². The Kier molecular flexibility index (Phi) is 17.0. The maximum absolute atomic E-state index is 3.06. The second kappa shape index (κ2) is 20.8. The van der Waals surface area contributed by atoms with Crippen molar-refractivity contribution in [1.82, 2.24) is 0 Å². The van der Waals surface area contributed by atoms with E-state index < -0.39 is 0 Å². The molecule has 0 bridgehead atoms. The molecule has 0 nitrogen and oxygen atoms in total. The van der Waals surface area contributed by atoms with Crippen LogP contribution in [0.5, 0.6) is 0 Å². The zero-order valence-electron chi connectivity index (χ0n) is 34.7. The molecule has 2 radical (unpaired) electrons. The summed E-state index contributed by atoms with van der Waals surface area (Å²) >= 11 is 1.36. The van der Waals surface area contributed by atoms with Gasteiger partial charge in [-0.1, -0.05) is 136 Å². The third kappa shape index (κ3) is 10.4. The van der Waals surface area contributed by atoms with Gasteiger partial charge in [0, 0.05) is 0 Å². The number of benzene rings is 6. The molecule has 2 aliphatic carbocycles. The Morgan fingerprint density at radius 1 is 0.466 bits per heavy atom. The fourth-order valence-corrected chi connectivity index (χ4v) is 9.81. The van der Waals surface area contributed by atoms with Crippen LogP contribution in [-0.4, -0.2) is 6.88 Å². The summed E-state index contributed by atoms with van der Waals surface area (Å²) in [4.78, 5) is 0. The van der Waals surface area contributed by atoms with Crippen molar-refractivity contribution in [2.75, 3.05) is 0 Å². The Morgan fingerprint density at radius 3 is 1.21 bits per heavy atom. The van der Waals surface area contributed by atoms with Crippen molar-refractivity contribution >= 4 is 74.8 Å². The van der Waals surface area contributed by atoms with Gasteiger partial charge in [0.25, 0.3) is 0 Å². The topological polar surface area (TPSA) is 0 Å². The predicted molar refractivity (Wildman–Crippen MR) is 259 cm³/mol. The normalized spacial score (nSPS) is 14.8. The van der Waals surface area contributed by atoms with E-state index in [1.54, 1.807) is 0 Å². The molecule has 2 saturated carbocycles. The van der Waals surface area contributed by atoms with Crippen LogP contribution in [-0.2, 0) is 36.2 Å². The number of rotatable bonds is 6. The number of hydrogen-bond acceptors (Lipinski definition) is 0. The summed E-state index contributed by atoms with van der Waals surface area (Å²) in [6, 6.07) is 54.1. The van der Waals surface area contributed by atoms with E-state index in [0.29, 0.717) is 10.8 Å². The van der Waals surface area contributed by atoms with E-state index in [1.165, 1.54) is 164 Å². The van der Waals surface area contributed by atoms with Gasteiger partial charge in [-0.3, -0.25) is 0 Å². The third-order valence-electron chi connectivity index (χ3n) is 12.6. The second-order valence-electron chi connectivity index (χ2n) is 16.9. The molecule has 58 heavy (non-hydrogen) atoms. The van der Waals surface area contributed by atoms with Crippen molar-refractivity contribution in [2.45, 2.75) is 78.1 Å². The summed E-state index contributed by atoms with van der Waals surface area (Å²) in [5.74, 6) is 0.